The molecule has 1 heterocycles. The van der Waals surface area contributed by atoms with E-state index in [0.29, 0.717) is 29.2 Å². The van der Waals surface area contributed by atoms with E-state index >= 15 is 0 Å². The Morgan fingerprint density at radius 3 is 2.36 bits per heavy atom. The van der Waals surface area contributed by atoms with Crippen molar-refractivity contribution in [1.29, 1.82) is 0 Å². The fourth-order valence-electron chi connectivity index (χ4n) is 2.56. The quantitative estimate of drug-likeness (QED) is 0.519. The third-order valence-corrected chi connectivity index (χ3v) is 4.82. The molecule has 0 fully saturated rings. The van der Waals surface area contributed by atoms with Gasteiger partial charge in [-0.25, -0.2) is 4.79 Å². The average Bonchev–Trinajstić information content (AvgIpc) is 3.22. The summed E-state index contributed by atoms with van der Waals surface area (Å²) in [6.45, 7) is 2.22. The van der Waals surface area contributed by atoms with E-state index in [0.717, 1.165) is 10.5 Å². The molecule has 0 aliphatic heterocycles. The Kier molecular flexibility index (Phi) is 6.39. The molecule has 0 atom stereocenters. The van der Waals surface area contributed by atoms with Gasteiger partial charge < -0.3 is 20.4 Å². The van der Waals surface area contributed by atoms with Gasteiger partial charge in [0.1, 0.15) is 5.76 Å². The molecule has 3 rings (SSSR count). The minimum atomic E-state index is -0.335. The highest BCUT2D eigenvalue weighted by Gasteiger charge is 2.10. The largest absolute Gasteiger partial charge is 0.467 e. The molecular formula is C21H21N3O3S. The summed E-state index contributed by atoms with van der Waals surface area (Å²) in [6.07, 6.45) is 3.53. The van der Waals surface area contributed by atoms with Crippen LogP contribution in [0.5, 0.6) is 0 Å². The summed E-state index contributed by atoms with van der Waals surface area (Å²) < 4.78 is 5.16. The molecule has 0 unspecified atom stereocenters. The minimum absolute atomic E-state index is 0.162. The van der Waals surface area contributed by atoms with Crippen molar-refractivity contribution in [1.82, 2.24) is 5.32 Å². The van der Waals surface area contributed by atoms with Gasteiger partial charge in [0.25, 0.3) is 5.91 Å². The van der Waals surface area contributed by atoms with Crippen LogP contribution in [-0.4, -0.2) is 18.2 Å². The van der Waals surface area contributed by atoms with Gasteiger partial charge in [-0.05, 0) is 67.3 Å². The maximum Gasteiger partial charge on any atom is 0.319 e. The normalized spacial score (nSPS) is 10.4. The van der Waals surface area contributed by atoms with Crippen LogP contribution in [0.15, 0.2) is 70.2 Å². The average molecular weight is 395 g/mol. The van der Waals surface area contributed by atoms with Gasteiger partial charge in [-0.15, -0.1) is 11.8 Å². The van der Waals surface area contributed by atoms with E-state index in [9.17, 15) is 9.59 Å². The maximum atomic E-state index is 12.6. The molecule has 0 aliphatic rings. The Balaban J connectivity index is 1.56. The van der Waals surface area contributed by atoms with Gasteiger partial charge in [0.05, 0.1) is 12.8 Å². The highest BCUT2D eigenvalue weighted by Crippen LogP contribution is 2.21. The molecule has 3 N–H and O–H groups in total. The SMILES string of the molecule is CSc1ccc(C)c(C(=O)Nc2ccc(NC(=O)NCc3ccco3)cc2)c1. The fraction of sp³-hybridized carbons (Fsp3) is 0.143. The van der Waals surface area contributed by atoms with Crippen molar-refractivity contribution in [2.45, 2.75) is 18.4 Å². The van der Waals surface area contributed by atoms with E-state index < -0.39 is 0 Å². The third kappa shape index (κ3) is 5.17. The Morgan fingerprint density at radius 2 is 1.71 bits per heavy atom. The van der Waals surface area contributed by atoms with Crippen LogP contribution in [0.25, 0.3) is 0 Å². The van der Waals surface area contributed by atoms with Crippen LogP contribution in [0, 0.1) is 6.92 Å². The highest BCUT2D eigenvalue weighted by molar-refractivity contribution is 7.98. The van der Waals surface area contributed by atoms with Crippen molar-refractivity contribution in [3.63, 3.8) is 0 Å². The molecule has 0 radical (unpaired) electrons. The van der Waals surface area contributed by atoms with E-state index in [1.807, 2.05) is 31.4 Å². The van der Waals surface area contributed by atoms with E-state index in [2.05, 4.69) is 16.0 Å². The van der Waals surface area contributed by atoms with Gasteiger partial charge in [0, 0.05) is 21.8 Å². The first kappa shape index (κ1) is 19.6. The summed E-state index contributed by atoms with van der Waals surface area (Å²) in [5.74, 6) is 0.513. The summed E-state index contributed by atoms with van der Waals surface area (Å²) in [6, 6.07) is 16.0. The summed E-state index contributed by atoms with van der Waals surface area (Å²) in [4.78, 5) is 25.5. The first-order chi connectivity index (χ1) is 13.5. The second kappa shape index (κ2) is 9.14. The Morgan fingerprint density at radius 1 is 1.00 bits per heavy atom. The number of nitrogens with one attached hydrogen (secondary N) is 3. The molecule has 2 aromatic carbocycles. The molecule has 0 spiro atoms. The number of benzene rings is 2. The summed E-state index contributed by atoms with van der Waals surface area (Å²) >= 11 is 1.59. The first-order valence-electron chi connectivity index (χ1n) is 8.68. The zero-order valence-corrected chi connectivity index (χ0v) is 16.4. The maximum absolute atomic E-state index is 12.6. The highest BCUT2D eigenvalue weighted by atomic mass is 32.2. The predicted octanol–water partition coefficient (Wildman–Crippen LogP) is 4.88. The predicted molar refractivity (Wildman–Crippen MR) is 112 cm³/mol. The lowest BCUT2D eigenvalue weighted by atomic mass is 10.1. The number of rotatable bonds is 6. The number of furan rings is 1. The molecule has 6 nitrogen and oxygen atoms in total. The molecule has 0 saturated carbocycles. The molecule has 1 aromatic heterocycles. The number of aryl methyl sites for hydroxylation is 1. The van der Waals surface area contributed by atoms with Gasteiger partial charge >= 0.3 is 6.03 Å². The van der Waals surface area contributed by atoms with Crippen LogP contribution in [0.2, 0.25) is 0 Å². The number of thioether (sulfide) groups is 1. The smallest absolute Gasteiger partial charge is 0.319 e. The molecule has 0 saturated heterocycles. The van der Waals surface area contributed by atoms with Crippen LogP contribution in [-0.2, 0) is 6.54 Å². The van der Waals surface area contributed by atoms with Crippen molar-refractivity contribution < 1.29 is 14.0 Å². The topological polar surface area (TPSA) is 83.4 Å². The number of carbonyl (C=O) groups excluding carboxylic acids is 2. The van der Waals surface area contributed by atoms with Crippen LogP contribution in [0.3, 0.4) is 0 Å². The third-order valence-electron chi connectivity index (χ3n) is 4.09. The van der Waals surface area contributed by atoms with E-state index in [4.69, 9.17) is 4.42 Å². The minimum Gasteiger partial charge on any atom is -0.467 e. The molecular weight excluding hydrogens is 374 g/mol. The lowest BCUT2D eigenvalue weighted by molar-refractivity contribution is 0.102. The second-order valence-electron chi connectivity index (χ2n) is 6.10. The van der Waals surface area contributed by atoms with Crippen LogP contribution in [0.4, 0.5) is 16.2 Å². The standard InChI is InChI=1S/C21H21N3O3S/c1-14-5-10-18(28-2)12-19(14)20(25)23-15-6-8-16(9-7-15)24-21(26)22-13-17-4-3-11-27-17/h3-12H,13H2,1-2H3,(H,23,25)(H2,22,24,26). The summed E-state index contributed by atoms with van der Waals surface area (Å²) in [5.41, 5.74) is 2.84. The van der Waals surface area contributed by atoms with Crippen molar-refractivity contribution in [2.75, 3.05) is 16.9 Å². The lowest BCUT2D eigenvalue weighted by Gasteiger charge is -2.10. The van der Waals surface area contributed by atoms with Gasteiger partial charge in [-0.3, -0.25) is 4.79 Å². The number of carbonyl (C=O) groups is 2. The van der Waals surface area contributed by atoms with Gasteiger partial charge in [0.2, 0.25) is 0 Å². The molecule has 28 heavy (non-hydrogen) atoms. The zero-order valence-electron chi connectivity index (χ0n) is 15.6. The molecule has 3 aromatic rings. The van der Waals surface area contributed by atoms with Crippen LogP contribution < -0.4 is 16.0 Å². The van der Waals surface area contributed by atoms with Gasteiger partial charge in [0.15, 0.2) is 0 Å². The van der Waals surface area contributed by atoms with Crippen molar-refractivity contribution in [3.8, 4) is 0 Å². The van der Waals surface area contributed by atoms with Crippen molar-refractivity contribution >= 4 is 35.1 Å². The van der Waals surface area contributed by atoms with Crippen LogP contribution >= 0.6 is 11.8 Å². The lowest BCUT2D eigenvalue weighted by Crippen LogP contribution is -2.27. The number of anilines is 2. The zero-order chi connectivity index (χ0) is 19.9. The molecule has 7 heteroatoms. The van der Waals surface area contributed by atoms with Gasteiger partial charge in [-0.2, -0.15) is 0 Å². The Bertz CT molecular complexity index is 954. The van der Waals surface area contributed by atoms with Crippen molar-refractivity contribution in [2.24, 2.45) is 0 Å². The number of hydrogen-bond acceptors (Lipinski definition) is 4. The Labute approximate surface area is 167 Å². The molecule has 144 valence electrons. The first-order valence-corrected chi connectivity index (χ1v) is 9.91. The van der Waals surface area contributed by atoms with E-state index in [1.54, 1.807) is 54.4 Å². The van der Waals surface area contributed by atoms with E-state index in [-0.39, 0.29) is 11.9 Å². The molecule has 0 bridgehead atoms. The number of amides is 3. The number of urea groups is 1. The fourth-order valence-corrected chi connectivity index (χ4v) is 3.00. The van der Waals surface area contributed by atoms with E-state index in [1.165, 1.54) is 0 Å². The van der Waals surface area contributed by atoms with Gasteiger partial charge in [-0.1, -0.05) is 6.07 Å². The Hall–Kier alpha value is -3.19. The molecule has 0 aliphatic carbocycles. The summed E-state index contributed by atoms with van der Waals surface area (Å²) in [7, 11) is 0. The van der Waals surface area contributed by atoms with Crippen molar-refractivity contribution in [3.05, 3.63) is 77.7 Å². The molecule has 3 amide bonds. The monoisotopic (exact) mass is 395 g/mol. The van der Waals surface area contributed by atoms with Crippen LogP contribution in [0.1, 0.15) is 21.7 Å². The second-order valence-corrected chi connectivity index (χ2v) is 6.98. The number of hydrogen-bond donors (Lipinski definition) is 3. The summed E-state index contributed by atoms with van der Waals surface area (Å²) in [5, 5.41) is 8.32.